The van der Waals surface area contributed by atoms with Crippen molar-refractivity contribution in [2.45, 2.75) is 6.10 Å². The number of para-hydroxylation sites is 1. The summed E-state index contributed by atoms with van der Waals surface area (Å²) in [7, 11) is 0. The number of benzene rings is 1. The number of aromatic nitrogens is 1. The first-order chi connectivity index (χ1) is 10.9. The highest BCUT2D eigenvalue weighted by molar-refractivity contribution is 7.09. The topological polar surface area (TPSA) is 58.4 Å². The van der Waals surface area contributed by atoms with E-state index in [9.17, 15) is 0 Å². The number of hydrogen-bond acceptors (Lipinski definition) is 6. The number of rotatable bonds is 5. The summed E-state index contributed by atoms with van der Waals surface area (Å²) in [6.07, 6.45) is 1.87. The summed E-state index contributed by atoms with van der Waals surface area (Å²) in [6.45, 7) is 3.80. The Hall–Kier alpha value is -1.94. The van der Waals surface area contributed by atoms with Gasteiger partial charge in [0.2, 0.25) is 0 Å². The minimum atomic E-state index is 0.0557. The van der Waals surface area contributed by atoms with Gasteiger partial charge in [-0.25, -0.2) is 4.98 Å². The number of nitrogens with zero attached hydrogens (tertiary/aromatic N) is 3. The quantitative estimate of drug-likeness (QED) is 0.848. The first-order valence-electron chi connectivity index (χ1n) is 7.22. The van der Waals surface area contributed by atoms with E-state index < -0.39 is 0 Å². The van der Waals surface area contributed by atoms with Crippen molar-refractivity contribution in [2.24, 2.45) is 0 Å². The maximum Gasteiger partial charge on any atom is 0.137 e. The van der Waals surface area contributed by atoms with Gasteiger partial charge in [-0.2, -0.15) is 5.26 Å². The van der Waals surface area contributed by atoms with E-state index in [0.29, 0.717) is 24.5 Å². The lowest BCUT2D eigenvalue weighted by atomic mass is 10.2. The van der Waals surface area contributed by atoms with E-state index in [-0.39, 0.29) is 6.10 Å². The molecule has 0 radical (unpaired) electrons. The fourth-order valence-corrected chi connectivity index (χ4v) is 3.10. The van der Waals surface area contributed by atoms with E-state index in [0.717, 1.165) is 24.6 Å². The normalized spacial score (nSPS) is 18.8. The molecule has 0 saturated carbocycles. The number of nitriles is 1. The molecule has 1 aliphatic rings. The zero-order chi connectivity index (χ0) is 15.2. The molecular weight excluding hydrogens is 298 g/mol. The molecule has 22 heavy (non-hydrogen) atoms. The Morgan fingerprint density at radius 3 is 3.18 bits per heavy atom. The third-order valence-corrected chi connectivity index (χ3v) is 4.42. The molecule has 5 nitrogen and oxygen atoms in total. The van der Waals surface area contributed by atoms with Crippen LogP contribution < -0.4 is 4.74 Å². The van der Waals surface area contributed by atoms with Gasteiger partial charge in [-0.05, 0) is 12.1 Å². The van der Waals surface area contributed by atoms with E-state index >= 15 is 0 Å². The van der Waals surface area contributed by atoms with E-state index in [2.05, 4.69) is 16.0 Å². The molecule has 1 fully saturated rings. The van der Waals surface area contributed by atoms with Gasteiger partial charge >= 0.3 is 0 Å². The van der Waals surface area contributed by atoms with Crippen molar-refractivity contribution in [3.63, 3.8) is 0 Å². The summed E-state index contributed by atoms with van der Waals surface area (Å²) < 4.78 is 11.5. The first-order valence-corrected chi connectivity index (χ1v) is 8.10. The number of hydrogen-bond donors (Lipinski definition) is 0. The van der Waals surface area contributed by atoms with E-state index in [4.69, 9.17) is 14.7 Å². The second-order valence-electron chi connectivity index (χ2n) is 4.99. The van der Waals surface area contributed by atoms with Crippen LogP contribution in [0.3, 0.4) is 0 Å². The average Bonchev–Trinajstić information content (AvgIpc) is 3.10. The van der Waals surface area contributed by atoms with E-state index in [1.54, 1.807) is 17.4 Å². The lowest BCUT2D eigenvalue weighted by Crippen LogP contribution is -2.40. The van der Waals surface area contributed by atoms with Crippen LogP contribution in [0, 0.1) is 11.3 Å². The molecular formula is C16H17N3O2S. The van der Waals surface area contributed by atoms with Crippen molar-refractivity contribution in [3.05, 3.63) is 46.4 Å². The van der Waals surface area contributed by atoms with E-state index in [1.165, 1.54) is 0 Å². The molecule has 1 aromatic heterocycles. The monoisotopic (exact) mass is 315 g/mol. The Balaban J connectivity index is 1.50. The standard InChI is InChI=1S/C16H17N3O2S/c17-11-13-3-1-2-4-14(13)20-8-6-19-7-9-21-15(12-19)16-18-5-10-22-16/h1-5,10,15H,6-9,12H2/t15-/m0/s1. The number of thiazole rings is 1. The maximum atomic E-state index is 9.04. The zero-order valence-electron chi connectivity index (χ0n) is 12.1. The Morgan fingerprint density at radius 1 is 1.45 bits per heavy atom. The fraction of sp³-hybridized carbons (Fsp3) is 0.375. The molecule has 1 aliphatic heterocycles. The molecule has 0 spiro atoms. The van der Waals surface area contributed by atoms with Gasteiger partial charge in [-0.3, -0.25) is 4.90 Å². The Labute approximate surface area is 133 Å². The predicted molar refractivity (Wildman–Crippen MR) is 83.9 cm³/mol. The van der Waals surface area contributed by atoms with Crippen molar-refractivity contribution in [2.75, 3.05) is 32.8 Å². The summed E-state index contributed by atoms with van der Waals surface area (Å²) in [5.74, 6) is 0.648. The minimum Gasteiger partial charge on any atom is -0.491 e. The molecule has 3 rings (SSSR count). The van der Waals surface area contributed by atoms with Crippen LogP contribution in [-0.4, -0.2) is 42.7 Å². The average molecular weight is 315 g/mol. The lowest BCUT2D eigenvalue weighted by Gasteiger charge is -2.31. The van der Waals surface area contributed by atoms with Gasteiger partial charge in [-0.15, -0.1) is 11.3 Å². The smallest absolute Gasteiger partial charge is 0.137 e. The molecule has 0 N–H and O–H groups in total. The van der Waals surface area contributed by atoms with Gasteiger partial charge in [0.15, 0.2) is 0 Å². The maximum absolute atomic E-state index is 9.04. The fourth-order valence-electron chi connectivity index (χ4n) is 2.42. The van der Waals surface area contributed by atoms with Crippen LogP contribution >= 0.6 is 11.3 Å². The summed E-state index contributed by atoms with van der Waals surface area (Å²) in [6, 6.07) is 9.46. The Bertz CT molecular complexity index is 639. The van der Waals surface area contributed by atoms with Crippen LogP contribution in [0.5, 0.6) is 5.75 Å². The van der Waals surface area contributed by atoms with E-state index in [1.807, 2.05) is 29.8 Å². The van der Waals surface area contributed by atoms with Crippen LogP contribution in [0.2, 0.25) is 0 Å². The van der Waals surface area contributed by atoms with Crippen LogP contribution in [0.25, 0.3) is 0 Å². The molecule has 0 bridgehead atoms. The van der Waals surface area contributed by atoms with Crippen molar-refractivity contribution in [3.8, 4) is 11.8 Å². The third-order valence-electron chi connectivity index (χ3n) is 3.55. The second-order valence-corrected chi connectivity index (χ2v) is 5.91. The summed E-state index contributed by atoms with van der Waals surface area (Å²) in [5.41, 5.74) is 0.574. The van der Waals surface area contributed by atoms with Crippen molar-refractivity contribution in [1.29, 1.82) is 5.26 Å². The molecule has 0 unspecified atom stereocenters. The largest absolute Gasteiger partial charge is 0.491 e. The molecule has 114 valence electrons. The molecule has 6 heteroatoms. The summed E-state index contributed by atoms with van der Waals surface area (Å²) >= 11 is 1.63. The predicted octanol–water partition coefficient (Wildman–Crippen LogP) is 2.47. The van der Waals surface area contributed by atoms with Gasteiger partial charge in [0, 0.05) is 31.2 Å². The summed E-state index contributed by atoms with van der Waals surface area (Å²) in [4.78, 5) is 6.63. The first kappa shape index (κ1) is 15.0. The highest BCUT2D eigenvalue weighted by atomic mass is 32.1. The lowest BCUT2D eigenvalue weighted by molar-refractivity contribution is -0.0329. The van der Waals surface area contributed by atoms with Crippen molar-refractivity contribution in [1.82, 2.24) is 9.88 Å². The third kappa shape index (κ3) is 3.63. The Morgan fingerprint density at radius 2 is 2.36 bits per heavy atom. The van der Waals surface area contributed by atoms with Gasteiger partial charge in [0.05, 0.1) is 12.2 Å². The van der Waals surface area contributed by atoms with Crippen LogP contribution in [0.1, 0.15) is 16.7 Å². The van der Waals surface area contributed by atoms with Crippen molar-refractivity contribution >= 4 is 11.3 Å². The minimum absolute atomic E-state index is 0.0557. The molecule has 0 amide bonds. The molecule has 1 aromatic carbocycles. The van der Waals surface area contributed by atoms with Crippen LogP contribution in [-0.2, 0) is 4.74 Å². The van der Waals surface area contributed by atoms with Crippen LogP contribution in [0.15, 0.2) is 35.8 Å². The zero-order valence-corrected chi connectivity index (χ0v) is 13.0. The van der Waals surface area contributed by atoms with Gasteiger partial charge in [0.25, 0.3) is 0 Å². The van der Waals surface area contributed by atoms with Gasteiger partial charge < -0.3 is 9.47 Å². The van der Waals surface area contributed by atoms with Crippen molar-refractivity contribution < 1.29 is 9.47 Å². The SMILES string of the molecule is N#Cc1ccccc1OCCN1CCO[C@H](c2nccs2)C1. The number of ether oxygens (including phenoxy) is 2. The molecule has 0 aliphatic carbocycles. The van der Waals surface area contributed by atoms with Gasteiger partial charge in [-0.1, -0.05) is 12.1 Å². The number of morpholine rings is 1. The molecule has 1 atom stereocenters. The second kappa shape index (κ2) is 7.36. The Kier molecular flexibility index (Phi) is 5.01. The summed E-state index contributed by atoms with van der Waals surface area (Å²) in [5, 5.41) is 12.0. The van der Waals surface area contributed by atoms with Crippen LogP contribution in [0.4, 0.5) is 0 Å². The highest BCUT2D eigenvalue weighted by Gasteiger charge is 2.23. The molecule has 2 heterocycles. The molecule has 1 saturated heterocycles. The highest BCUT2D eigenvalue weighted by Crippen LogP contribution is 2.23. The molecule has 2 aromatic rings. The van der Waals surface area contributed by atoms with Gasteiger partial charge in [0.1, 0.15) is 29.5 Å².